The molecule has 9 nitrogen and oxygen atoms in total. The van der Waals surface area contributed by atoms with E-state index in [0.29, 0.717) is 17.1 Å². The van der Waals surface area contributed by atoms with Crippen molar-refractivity contribution in [2.75, 3.05) is 26.0 Å². The number of pyridine rings is 1. The van der Waals surface area contributed by atoms with Crippen LogP contribution in [-0.4, -0.2) is 58.2 Å². The van der Waals surface area contributed by atoms with Crippen molar-refractivity contribution in [3.8, 4) is 5.82 Å². The molecule has 0 radical (unpaired) electrons. The number of benzene rings is 1. The molecular weight excluding hydrogens is 398 g/mol. The molecule has 3 aromatic rings. The summed E-state index contributed by atoms with van der Waals surface area (Å²) >= 11 is 0. The van der Waals surface area contributed by atoms with Crippen molar-refractivity contribution in [2.45, 2.75) is 13.8 Å². The van der Waals surface area contributed by atoms with E-state index in [1.54, 1.807) is 55.2 Å². The van der Waals surface area contributed by atoms with Crippen LogP contribution in [0.2, 0.25) is 0 Å². The Hall–Kier alpha value is -4.01. The Morgan fingerprint density at radius 2 is 1.71 bits per heavy atom. The van der Waals surface area contributed by atoms with Gasteiger partial charge >= 0.3 is 5.97 Å². The van der Waals surface area contributed by atoms with E-state index < -0.39 is 18.5 Å². The van der Waals surface area contributed by atoms with Crippen molar-refractivity contribution < 1.29 is 19.1 Å². The van der Waals surface area contributed by atoms with Crippen LogP contribution in [0.25, 0.3) is 5.82 Å². The molecule has 2 amide bonds. The number of esters is 1. The van der Waals surface area contributed by atoms with Gasteiger partial charge in [-0.05, 0) is 56.3 Å². The number of ether oxygens (including phenoxy) is 1. The normalized spacial score (nSPS) is 10.5. The van der Waals surface area contributed by atoms with Gasteiger partial charge in [0.05, 0.1) is 11.3 Å². The lowest BCUT2D eigenvalue weighted by atomic mass is 10.2. The summed E-state index contributed by atoms with van der Waals surface area (Å²) in [6.45, 7) is 3.35. The molecule has 2 heterocycles. The first kappa shape index (κ1) is 21.7. The monoisotopic (exact) mass is 421 g/mol. The zero-order chi connectivity index (χ0) is 22.5. The van der Waals surface area contributed by atoms with E-state index in [-0.39, 0.29) is 11.5 Å². The van der Waals surface area contributed by atoms with Gasteiger partial charge in [-0.25, -0.2) is 14.5 Å². The van der Waals surface area contributed by atoms with Crippen molar-refractivity contribution in [1.29, 1.82) is 0 Å². The summed E-state index contributed by atoms with van der Waals surface area (Å²) < 4.78 is 6.73. The van der Waals surface area contributed by atoms with E-state index in [4.69, 9.17) is 4.74 Å². The van der Waals surface area contributed by atoms with Crippen LogP contribution in [0.3, 0.4) is 0 Å². The molecule has 0 saturated carbocycles. The fraction of sp³-hybridized carbons (Fsp3) is 0.227. The molecule has 9 heteroatoms. The average Bonchev–Trinajstić information content (AvgIpc) is 3.10. The maximum atomic E-state index is 12.2. The van der Waals surface area contributed by atoms with Gasteiger partial charge in [-0.15, -0.1) is 0 Å². The smallest absolute Gasteiger partial charge is 0.340 e. The van der Waals surface area contributed by atoms with Gasteiger partial charge in [0.15, 0.2) is 12.4 Å². The number of nitrogens with one attached hydrogen (secondary N) is 1. The number of carbonyl (C=O) groups is 3. The number of carbonyl (C=O) groups excluding carboxylic acids is 3. The zero-order valence-electron chi connectivity index (χ0n) is 17.7. The van der Waals surface area contributed by atoms with Gasteiger partial charge in [0, 0.05) is 37.2 Å². The van der Waals surface area contributed by atoms with Gasteiger partial charge in [0.1, 0.15) is 0 Å². The number of aryl methyl sites for hydroxylation is 2. The molecule has 0 saturated heterocycles. The molecule has 1 N–H and O–H groups in total. The molecule has 0 spiro atoms. The average molecular weight is 421 g/mol. The molecule has 3 rings (SSSR count). The van der Waals surface area contributed by atoms with Gasteiger partial charge in [-0.3, -0.25) is 9.59 Å². The summed E-state index contributed by atoms with van der Waals surface area (Å²) in [4.78, 5) is 41.8. The maximum absolute atomic E-state index is 12.2. The molecule has 1 aromatic carbocycles. The van der Waals surface area contributed by atoms with Crippen LogP contribution in [-0.2, 0) is 9.53 Å². The maximum Gasteiger partial charge on any atom is 0.340 e. The van der Waals surface area contributed by atoms with Crippen molar-refractivity contribution in [1.82, 2.24) is 19.7 Å². The molecule has 0 bridgehead atoms. The van der Waals surface area contributed by atoms with E-state index in [2.05, 4.69) is 15.4 Å². The van der Waals surface area contributed by atoms with Crippen molar-refractivity contribution in [2.24, 2.45) is 0 Å². The molecule has 160 valence electrons. The first-order chi connectivity index (χ1) is 14.7. The molecule has 0 atom stereocenters. The standard InChI is InChI=1S/C22H23N5O4/c1-14-11-15(2)27(25-14)19-10-7-17(12-23-19)22(30)31-13-20(28)24-18-8-5-16(6-9-18)21(29)26(3)4/h5-12H,13H2,1-4H3,(H,24,28). The highest BCUT2D eigenvalue weighted by Crippen LogP contribution is 2.12. The lowest BCUT2D eigenvalue weighted by Gasteiger charge is -2.11. The topological polar surface area (TPSA) is 106 Å². The summed E-state index contributed by atoms with van der Waals surface area (Å²) in [6, 6.07) is 11.6. The van der Waals surface area contributed by atoms with Gasteiger partial charge in [0.25, 0.3) is 11.8 Å². The van der Waals surface area contributed by atoms with Crippen LogP contribution in [0.4, 0.5) is 5.69 Å². The van der Waals surface area contributed by atoms with Gasteiger partial charge in [0.2, 0.25) is 0 Å². The Morgan fingerprint density at radius 3 is 2.26 bits per heavy atom. The molecule has 0 aliphatic carbocycles. The van der Waals surface area contributed by atoms with Crippen LogP contribution >= 0.6 is 0 Å². The Kier molecular flexibility index (Phi) is 6.44. The number of nitrogens with zero attached hydrogens (tertiary/aromatic N) is 4. The largest absolute Gasteiger partial charge is 0.452 e. The highest BCUT2D eigenvalue weighted by molar-refractivity contribution is 5.97. The first-order valence-corrected chi connectivity index (χ1v) is 9.53. The summed E-state index contributed by atoms with van der Waals surface area (Å²) in [5, 5.41) is 6.96. The number of amides is 2. The lowest BCUT2D eigenvalue weighted by Crippen LogP contribution is -2.22. The Labute approximate surface area is 179 Å². The number of anilines is 1. The summed E-state index contributed by atoms with van der Waals surface area (Å²) in [5.41, 5.74) is 3.02. The zero-order valence-corrected chi connectivity index (χ0v) is 17.7. The molecule has 2 aromatic heterocycles. The van der Waals surface area contributed by atoms with Crippen LogP contribution in [0, 0.1) is 13.8 Å². The third kappa shape index (κ3) is 5.33. The Balaban J connectivity index is 1.54. The second-order valence-electron chi connectivity index (χ2n) is 7.15. The SMILES string of the molecule is Cc1cc(C)n(-c2ccc(C(=O)OCC(=O)Nc3ccc(C(=O)N(C)C)cc3)cn2)n1. The fourth-order valence-corrected chi connectivity index (χ4v) is 2.86. The van der Waals surface area contributed by atoms with E-state index >= 15 is 0 Å². The second-order valence-corrected chi connectivity index (χ2v) is 7.15. The summed E-state index contributed by atoms with van der Waals surface area (Å²) in [7, 11) is 3.32. The molecule has 0 unspecified atom stereocenters. The van der Waals surface area contributed by atoms with E-state index in [1.165, 1.54) is 11.1 Å². The quantitative estimate of drug-likeness (QED) is 0.613. The van der Waals surface area contributed by atoms with Gasteiger partial charge < -0.3 is 15.0 Å². The van der Waals surface area contributed by atoms with Crippen molar-refractivity contribution in [3.05, 3.63) is 71.2 Å². The molecule has 0 fully saturated rings. The predicted molar refractivity (Wildman–Crippen MR) is 114 cm³/mol. The van der Waals surface area contributed by atoms with E-state index in [0.717, 1.165) is 11.4 Å². The van der Waals surface area contributed by atoms with Crippen LogP contribution < -0.4 is 5.32 Å². The molecule has 31 heavy (non-hydrogen) atoms. The number of rotatable bonds is 6. The molecular formula is C22H23N5O4. The highest BCUT2D eigenvalue weighted by Gasteiger charge is 2.13. The first-order valence-electron chi connectivity index (χ1n) is 9.53. The second kappa shape index (κ2) is 9.21. The van der Waals surface area contributed by atoms with Crippen molar-refractivity contribution in [3.63, 3.8) is 0 Å². The molecule has 0 aliphatic heterocycles. The lowest BCUT2D eigenvalue weighted by molar-refractivity contribution is -0.119. The summed E-state index contributed by atoms with van der Waals surface area (Å²) in [5.74, 6) is -0.706. The van der Waals surface area contributed by atoms with Gasteiger partial charge in [-0.2, -0.15) is 5.10 Å². The number of hydrogen-bond donors (Lipinski definition) is 1. The molecule has 0 aliphatic rings. The van der Waals surface area contributed by atoms with E-state index in [9.17, 15) is 14.4 Å². The fourth-order valence-electron chi connectivity index (χ4n) is 2.86. The number of aromatic nitrogens is 3. The minimum atomic E-state index is -0.658. The highest BCUT2D eigenvalue weighted by atomic mass is 16.5. The minimum absolute atomic E-state index is 0.135. The van der Waals surface area contributed by atoms with Crippen LogP contribution in [0.15, 0.2) is 48.7 Å². The third-order valence-electron chi connectivity index (χ3n) is 4.37. The number of hydrogen-bond acceptors (Lipinski definition) is 6. The van der Waals surface area contributed by atoms with Crippen LogP contribution in [0.5, 0.6) is 0 Å². The van der Waals surface area contributed by atoms with Crippen LogP contribution in [0.1, 0.15) is 32.1 Å². The third-order valence-corrected chi connectivity index (χ3v) is 4.37. The Bertz CT molecular complexity index is 1100. The van der Waals surface area contributed by atoms with Crippen molar-refractivity contribution >= 4 is 23.5 Å². The Morgan fingerprint density at radius 1 is 1.03 bits per heavy atom. The van der Waals surface area contributed by atoms with E-state index in [1.807, 2.05) is 19.9 Å². The minimum Gasteiger partial charge on any atom is -0.452 e. The van der Waals surface area contributed by atoms with Gasteiger partial charge in [-0.1, -0.05) is 0 Å². The summed E-state index contributed by atoms with van der Waals surface area (Å²) in [6.07, 6.45) is 1.38. The predicted octanol–water partition coefficient (Wildman–Crippen LogP) is 2.38.